The van der Waals surface area contributed by atoms with E-state index in [-0.39, 0.29) is 16.6 Å². The first-order chi connectivity index (χ1) is 9.99. The average Bonchev–Trinajstić information content (AvgIpc) is 2.91. The van der Waals surface area contributed by atoms with Crippen LogP contribution in [0, 0.1) is 0 Å². The first-order valence-corrected chi connectivity index (χ1v) is 7.52. The van der Waals surface area contributed by atoms with Gasteiger partial charge in [-0.2, -0.15) is 0 Å². The summed E-state index contributed by atoms with van der Waals surface area (Å²) in [6, 6.07) is 4.82. The van der Waals surface area contributed by atoms with Crippen LogP contribution in [0.5, 0.6) is 0 Å². The Morgan fingerprint density at radius 3 is 2.76 bits per heavy atom. The van der Waals surface area contributed by atoms with Crippen molar-refractivity contribution in [2.75, 3.05) is 6.54 Å². The Labute approximate surface area is 134 Å². The quantitative estimate of drug-likeness (QED) is 0.873. The minimum atomic E-state index is -1.06. The average molecular weight is 345 g/mol. The SMILES string of the molecule is O=C(O)c1csc(CCNC(=O)c2cccc(Cl)c2Cl)n1. The molecule has 110 valence electrons. The molecule has 0 spiro atoms. The maximum atomic E-state index is 12.0. The zero-order valence-electron chi connectivity index (χ0n) is 10.6. The summed E-state index contributed by atoms with van der Waals surface area (Å²) >= 11 is 13.0. The lowest BCUT2D eigenvalue weighted by Crippen LogP contribution is -2.26. The van der Waals surface area contributed by atoms with E-state index < -0.39 is 5.97 Å². The van der Waals surface area contributed by atoms with E-state index in [1.54, 1.807) is 18.2 Å². The molecule has 1 aromatic carbocycles. The molecule has 0 bridgehead atoms. The molecule has 0 radical (unpaired) electrons. The minimum Gasteiger partial charge on any atom is -0.476 e. The highest BCUT2D eigenvalue weighted by Crippen LogP contribution is 2.25. The fourth-order valence-electron chi connectivity index (χ4n) is 1.58. The van der Waals surface area contributed by atoms with Crippen molar-refractivity contribution in [3.05, 3.63) is 49.9 Å². The van der Waals surface area contributed by atoms with Gasteiger partial charge < -0.3 is 10.4 Å². The number of rotatable bonds is 5. The topological polar surface area (TPSA) is 79.3 Å². The molecule has 0 atom stereocenters. The second-order valence-electron chi connectivity index (χ2n) is 4.04. The molecule has 21 heavy (non-hydrogen) atoms. The molecule has 0 fully saturated rings. The molecular weight excluding hydrogens is 335 g/mol. The summed E-state index contributed by atoms with van der Waals surface area (Å²) < 4.78 is 0. The number of carbonyl (C=O) groups excluding carboxylic acids is 1. The maximum absolute atomic E-state index is 12.0. The van der Waals surface area contributed by atoms with E-state index in [9.17, 15) is 9.59 Å². The van der Waals surface area contributed by atoms with Crippen LogP contribution in [-0.2, 0) is 6.42 Å². The van der Waals surface area contributed by atoms with Crippen molar-refractivity contribution in [1.29, 1.82) is 0 Å². The molecule has 0 unspecified atom stereocenters. The molecule has 1 amide bonds. The number of aromatic carboxylic acids is 1. The first kappa shape index (κ1) is 15.8. The van der Waals surface area contributed by atoms with E-state index in [2.05, 4.69) is 10.3 Å². The summed E-state index contributed by atoms with van der Waals surface area (Å²) in [5.41, 5.74) is 0.314. The third kappa shape index (κ3) is 3.93. The smallest absolute Gasteiger partial charge is 0.355 e. The normalized spacial score (nSPS) is 10.4. The van der Waals surface area contributed by atoms with E-state index in [4.69, 9.17) is 28.3 Å². The van der Waals surface area contributed by atoms with E-state index in [1.165, 1.54) is 16.7 Å². The van der Waals surface area contributed by atoms with Crippen LogP contribution < -0.4 is 5.32 Å². The molecule has 2 rings (SSSR count). The zero-order chi connectivity index (χ0) is 15.4. The number of aromatic nitrogens is 1. The van der Waals surface area contributed by atoms with Crippen LogP contribution in [0.1, 0.15) is 25.9 Å². The second-order valence-corrected chi connectivity index (χ2v) is 5.77. The second kappa shape index (κ2) is 6.89. The highest BCUT2D eigenvalue weighted by molar-refractivity contribution is 7.09. The lowest BCUT2D eigenvalue weighted by atomic mass is 10.2. The molecule has 0 saturated carbocycles. The third-order valence-electron chi connectivity index (χ3n) is 2.59. The summed E-state index contributed by atoms with van der Waals surface area (Å²) in [6.45, 7) is 0.328. The number of carboxylic acid groups (broad SMARTS) is 1. The van der Waals surface area contributed by atoms with Gasteiger partial charge in [-0.25, -0.2) is 9.78 Å². The van der Waals surface area contributed by atoms with Crippen molar-refractivity contribution in [3.8, 4) is 0 Å². The van der Waals surface area contributed by atoms with Gasteiger partial charge in [0.2, 0.25) is 0 Å². The molecule has 1 heterocycles. The molecule has 1 aromatic heterocycles. The van der Waals surface area contributed by atoms with E-state index in [0.29, 0.717) is 28.6 Å². The number of carboxylic acids is 1. The lowest BCUT2D eigenvalue weighted by Gasteiger charge is -2.06. The van der Waals surface area contributed by atoms with Crippen molar-refractivity contribution in [2.24, 2.45) is 0 Å². The number of halogens is 2. The van der Waals surface area contributed by atoms with Crippen LogP contribution in [-0.4, -0.2) is 28.5 Å². The van der Waals surface area contributed by atoms with E-state index in [0.717, 1.165) is 0 Å². The van der Waals surface area contributed by atoms with Crippen LogP contribution in [0.15, 0.2) is 23.6 Å². The molecule has 0 aliphatic rings. The largest absolute Gasteiger partial charge is 0.476 e. The van der Waals surface area contributed by atoms with Crippen LogP contribution in [0.25, 0.3) is 0 Å². The Balaban J connectivity index is 1.92. The number of amides is 1. The minimum absolute atomic E-state index is 0.0132. The van der Waals surface area contributed by atoms with Gasteiger partial charge in [0.25, 0.3) is 5.91 Å². The van der Waals surface area contributed by atoms with Crippen molar-refractivity contribution in [2.45, 2.75) is 6.42 Å². The van der Waals surface area contributed by atoms with Gasteiger partial charge in [-0.1, -0.05) is 29.3 Å². The number of hydrogen-bond donors (Lipinski definition) is 2. The van der Waals surface area contributed by atoms with Gasteiger partial charge >= 0.3 is 5.97 Å². The van der Waals surface area contributed by atoms with Crippen LogP contribution in [0.3, 0.4) is 0 Å². The number of thiazole rings is 1. The van der Waals surface area contributed by atoms with E-state index in [1.807, 2.05) is 0 Å². The summed E-state index contributed by atoms with van der Waals surface area (Å²) in [7, 11) is 0. The van der Waals surface area contributed by atoms with Gasteiger partial charge in [-0.05, 0) is 12.1 Å². The summed E-state index contributed by atoms with van der Waals surface area (Å²) in [4.78, 5) is 26.6. The molecule has 0 aliphatic heterocycles. The monoisotopic (exact) mass is 344 g/mol. The number of carbonyl (C=O) groups is 2. The van der Waals surface area contributed by atoms with Crippen LogP contribution in [0.2, 0.25) is 10.0 Å². The highest BCUT2D eigenvalue weighted by atomic mass is 35.5. The van der Waals surface area contributed by atoms with Gasteiger partial charge in [0.15, 0.2) is 5.69 Å². The molecule has 0 saturated heterocycles. The van der Waals surface area contributed by atoms with Gasteiger partial charge in [0, 0.05) is 18.3 Å². The Bertz CT molecular complexity index is 688. The number of nitrogens with one attached hydrogen (secondary N) is 1. The number of benzene rings is 1. The Morgan fingerprint density at radius 2 is 2.10 bits per heavy atom. The van der Waals surface area contributed by atoms with Crippen molar-refractivity contribution < 1.29 is 14.7 Å². The fraction of sp³-hybridized carbons (Fsp3) is 0.154. The predicted octanol–water partition coefficient (Wildman–Crippen LogP) is 3.12. The standard InChI is InChI=1S/C13H10Cl2N2O3S/c14-8-3-1-2-7(11(8)15)12(18)16-5-4-10-17-9(6-21-10)13(19)20/h1-3,6H,4-5H2,(H,16,18)(H,19,20). The van der Waals surface area contributed by atoms with E-state index >= 15 is 0 Å². The van der Waals surface area contributed by atoms with Gasteiger partial charge in [-0.15, -0.1) is 11.3 Å². The Hall–Kier alpha value is -1.63. The van der Waals surface area contributed by atoms with Crippen LogP contribution in [0.4, 0.5) is 0 Å². The lowest BCUT2D eigenvalue weighted by molar-refractivity contribution is 0.0690. The first-order valence-electron chi connectivity index (χ1n) is 5.89. The van der Waals surface area contributed by atoms with Crippen LogP contribution >= 0.6 is 34.5 Å². The third-order valence-corrected chi connectivity index (χ3v) is 4.32. The van der Waals surface area contributed by atoms with Crippen molar-refractivity contribution >= 4 is 46.4 Å². The number of nitrogens with zero attached hydrogens (tertiary/aromatic N) is 1. The van der Waals surface area contributed by atoms with Crippen molar-refractivity contribution in [3.63, 3.8) is 0 Å². The number of hydrogen-bond acceptors (Lipinski definition) is 4. The molecule has 0 aliphatic carbocycles. The van der Waals surface area contributed by atoms with Crippen molar-refractivity contribution in [1.82, 2.24) is 10.3 Å². The molecule has 5 nitrogen and oxygen atoms in total. The Kier molecular flexibility index (Phi) is 5.17. The van der Waals surface area contributed by atoms with Gasteiger partial charge in [-0.3, -0.25) is 4.79 Å². The Morgan fingerprint density at radius 1 is 1.33 bits per heavy atom. The zero-order valence-corrected chi connectivity index (χ0v) is 12.9. The highest BCUT2D eigenvalue weighted by Gasteiger charge is 2.13. The predicted molar refractivity (Wildman–Crippen MR) is 81.6 cm³/mol. The van der Waals surface area contributed by atoms with Gasteiger partial charge in [0.1, 0.15) is 0 Å². The molecular formula is C13H10Cl2N2O3S. The molecule has 2 aromatic rings. The molecule has 2 N–H and O–H groups in total. The molecule has 8 heteroatoms. The van der Waals surface area contributed by atoms with Gasteiger partial charge in [0.05, 0.1) is 20.6 Å². The summed E-state index contributed by atoms with van der Waals surface area (Å²) in [5.74, 6) is -1.40. The fourth-order valence-corrected chi connectivity index (χ4v) is 2.74. The summed E-state index contributed by atoms with van der Waals surface area (Å²) in [5, 5.41) is 14.1. The summed E-state index contributed by atoms with van der Waals surface area (Å²) in [6.07, 6.45) is 0.446. The maximum Gasteiger partial charge on any atom is 0.355 e.